The van der Waals surface area contributed by atoms with Gasteiger partial charge < -0.3 is 14.7 Å². The molecule has 180 valence electrons. The number of likely N-dealkylation sites (tertiary alicyclic amines) is 1. The van der Waals surface area contributed by atoms with Crippen molar-refractivity contribution in [3.05, 3.63) is 35.4 Å². The highest BCUT2D eigenvalue weighted by Gasteiger charge is 2.18. The highest BCUT2D eigenvalue weighted by atomic mass is 32.1. The predicted octanol–water partition coefficient (Wildman–Crippen LogP) is 5.64. The van der Waals surface area contributed by atoms with Crippen LogP contribution in [0.5, 0.6) is 0 Å². The van der Waals surface area contributed by atoms with Gasteiger partial charge in [0.15, 0.2) is 0 Å². The molecule has 3 heterocycles. The third-order valence-electron chi connectivity index (χ3n) is 7.49. The Labute approximate surface area is 206 Å². The highest BCUT2D eigenvalue weighted by molar-refractivity contribution is 7.80. The first-order chi connectivity index (χ1) is 16.1. The third kappa shape index (κ3) is 6.97. The van der Waals surface area contributed by atoms with Gasteiger partial charge in [0, 0.05) is 38.0 Å². The lowest BCUT2D eigenvalue weighted by atomic mass is 10.0. The lowest BCUT2D eigenvalue weighted by Crippen LogP contribution is -2.46. The van der Waals surface area contributed by atoms with Crippen molar-refractivity contribution in [3.8, 4) is 0 Å². The van der Waals surface area contributed by atoms with Gasteiger partial charge in [-0.2, -0.15) is 0 Å². The number of aromatic nitrogens is 1. The summed E-state index contributed by atoms with van der Waals surface area (Å²) in [5.41, 5.74) is 3.75. The lowest BCUT2D eigenvalue weighted by molar-refractivity contribution is 0.246. The second-order valence-corrected chi connectivity index (χ2v) is 10.6. The molecule has 1 aromatic heterocycles. The van der Waals surface area contributed by atoms with Gasteiger partial charge >= 0.3 is 0 Å². The van der Waals surface area contributed by atoms with Crippen molar-refractivity contribution in [1.29, 1.82) is 0 Å². The van der Waals surface area contributed by atoms with E-state index in [1.165, 1.54) is 79.5 Å². The minimum Gasteiger partial charge on any atom is -0.354 e. The van der Waals surface area contributed by atoms with E-state index in [-0.39, 0.29) is 0 Å². The molecule has 2 fully saturated rings. The molecule has 0 unspecified atom stereocenters. The third-order valence-corrected chi connectivity index (χ3v) is 7.84. The Morgan fingerprint density at radius 2 is 1.64 bits per heavy atom. The zero-order valence-corrected chi connectivity index (χ0v) is 21.6. The summed E-state index contributed by atoms with van der Waals surface area (Å²) in [7, 11) is 0. The molecule has 4 rings (SSSR count). The van der Waals surface area contributed by atoms with Gasteiger partial charge in [-0.1, -0.05) is 44.5 Å². The Balaban J connectivity index is 1.32. The molecular weight excluding hydrogens is 424 g/mol. The van der Waals surface area contributed by atoms with E-state index in [4.69, 9.17) is 17.2 Å². The summed E-state index contributed by atoms with van der Waals surface area (Å²) in [6.45, 7) is 13.8. The maximum atomic E-state index is 5.79. The molecule has 0 atom stereocenters. The Morgan fingerprint density at radius 3 is 2.36 bits per heavy atom. The summed E-state index contributed by atoms with van der Waals surface area (Å²) in [5, 5.41) is 1.27. The maximum Gasteiger partial charge on any atom is 0.129 e. The molecule has 0 amide bonds. The average Bonchev–Trinajstić information content (AvgIpc) is 2.80. The fourth-order valence-corrected chi connectivity index (χ4v) is 5.65. The van der Waals surface area contributed by atoms with E-state index in [1.54, 1.807) is 0 Å². The molecule has 2 aromatic rings. The Kier molecular flexibility index (Phi) is 9.10. The van der Waals surface area contributed by atoms with E-state index in [0.717, 1.165) is 56.9 Å². The van der Waals surface area contributed by atoms with Crippen LogP contribution in [0.15, 0.2) is 24.3 Å². The van der Waals surface area contributed by atoms with Crippen molar-refractivity contribution in [2.24, 2.45) is 0 Å². The van der Waals surface area contributed by atoms with E-state index in [2.05, 4.69) is 52.8 Å². The van der Waals surface area contributed by atoms with Gasteiger partial charge in [-0.25, -0.2) is 4.98 Å². The van der Waals surface area contributed by atoms with Crippen molar-refractivity contribution in [2.45, 2.75) is 65.2 Å². The van der Waals surface area contributed by atoms with Gasteiger partial charge in [-0.05, 0) is 93.0 Å². The topological polar surface area (TPSA) is 22.6 Å². The van der Waals surface area contributed by atoms with Crippen molar-refractivity contribution in [1.82, 2.24) is 14.8 Å². The van der Waals surface area contributed by atoms with E-state index in [0.29, 0.717) is 0 Å². The molecular formula is C28H42N4S. The maximum absolute atomic E-state index is 5.79. The van der Waals surface area contributed by atoms with Crippen LogP contribution in [0.3, 0.4) is 0 Å². The van der Waals surface area contributed by atoms with Gasteiger partial charge in [0.2, 0.25) is 0 Å². The van der Waals surface area contributed by atoms with E-state index in [1.807, 2.05) is 0 Å². The van der Waals surface area contributed by atoms with Gasteiger partial charge in [0.1, 0.15) is 5.82 Å². The summed E-state index contributed by atoms with van der Waals surface area (Å²) in [4.78, 5) is 13.8. The summed E-state index contributed by atoms with van der Waals surface area (Å²) < 4.78 is 0. The summed E-state index contributed by atoms with van der Waals surface area (Å²) in [5.74, 6) is 1.13. The number of piperazine rings is 1. The van der Waals surface area contributed by atoms with Crippen LogP contribution in [-0.2, 0) is 6.42 Å². The second-order valence-electron chi connectivity index (χ2n) is 10.00. The zero-order chi connectivity index (χ0) is 23.0. The Hall–Kier alpha value is -1.56. The molecule has 5 heteroatoms. The van der Waals surface area contributed by atoms with Crippen LogP contribution in [0.1, 0.15) is 63.0 Å². The van der Waals surface area contributed by atoms with Gasteiger partial charge in [-0.15, -0.1) is 0 Å². The first kappa shape index (κ1) is 24.6. The molecule has 2 aliphatic rings. The second kappa shape index (κ2) is 12.2. The number of thiocarbonyl (C=S) groups is 1. The summed E-state index contributed by atoms with van der Waals surface area (Å²) in [6, 6.07) is 9.03. The largest absolute Gasteiger partial charge is 0.354 e. The number of hydrogen-bond donors (Lipinski definition) is 0. The van der Waals surface area contributed by atoms with Crippen LogP contribution < -0.4 is 4.90 Å². The van der Waals surface area contributed by atoms with Crippen LogP contribution in [0.4, 0.5) is 5.82 Å². The number of fused-ring (bicyclic) bond motifs is 1. The smallest absolute Gasteiger partial charge is 0.129 e. The monoisotopic (exact) mass is 466 g/mol. The lowest BCUT2D eigenvalue weighted by Gasteiger charge is -2.35. The Bertz CT molecular complexity index is 911. The molecule has 0 N–H and O–H groups in total. The van der Waals surface area contributed by atoms with Crippen LogP contribution in [0.2, 0.25) is 0 Å². The number of anilines is 1. The fraction of sp³-hybridized carbons (Fsp3) is 0.643. The van der Waals surface area contributed by atoms with E-state index in [9.17, 15) is 0 Å². The molecule has 0 bridgehead atoms. The van der Waals surface area contributed by atoms with Crippen LogP contribution in [0.25, 0.3) is 10.9 Å². The first-order valence-corrected chi connectivity index (χ1v) is 13.6. The van der Waals surface area contributed by atoms with Crippen molar-refractivity contribution < 1.29 is 0 Å². The van der Waals surface area contributed by atoms with Gasteiger partial charge in [0.25, 0.3) is 0 Å². The number of hydrogen-bond acceptors (Lipinski definition) is 5. The molecule has 33 heavy (non-hydrogen) atoms. The Morgan fingerprint density at radius 1 is 0.909 bits per heavy atom. The van der Waals surface area contributed by atoms with Crippen LogP contribution >= 0.6 is 12.2 Å². The number of nitrogens with zero attached hydrogens (tertiary/aromatic N) is 4. The SMILES string of the molecule is CCN1CCN(c2cc(C)c3cc(CC(=S)CCCN4CCCCCCC4)ccc3n2)CC1. The molecule has 0 spiro atoms. The normalized spacial score (nSPS) is 18.9. The zero-order valence-electron chi connectivity index (χ0n) is 20.8. The van der Waals surface area contributed by atoms with E-state index >= 15 is 0 Å². The molecule has 0 saturated carbocycles. The minimum absolute atomic E-state index is 0.908. The number of rotatable bonds is 8. The average molecular weight is 467 g/mol. The number of aryl methyl sites for hydroxylation is 1. The van der Waals surface area contributed by atoms with Gasteiger partial charge in [-0.3, -0.25) is 0 Å². The van der Waals surface area contributed by atoms with Crippen molar-refractivity contribution in [3.63, 3.8) is 0 Å². The predicted molar refractivity (Wildman–Crippen MR) is 146 cm³/mol. The first-order valence-electron chi connectivity index (χ1n) is 13.2. The molecule has 0 aliphatic carbocycles. The molecule has 1 aromatic carbocycles. The van der Waals surface area contributed by atoms with Crippen molar-refractivity contribution in [2.75, 3.05) is 57.3 Å². The molecule has 2 saturated heterocycles. The fourth-order valence-electron chi connectivity index (χ4n) is 5.34. The van der Waals surface area contributed by atoms with Crippen LogP contribution in [-0.4, -0.2) is 72.0 Å². The molecule has 4 nitrogen and oxygen atoms in total. The van der Waals surface area contributed by atoms with Crippen LogP contribution in [0, 0.1) is 6.92 Å². The minimum atomic E-state index is 0.908. The van der Waals surface area contributed by atoms with E-state index < -0.39 is 0 Å². The molecule has 2 aliphatic heterocycles. The molecule has 0 radical (unpaired) electrons. The van der Waals surface area contributed by atoms with Crippen molar-refractivity contribution >= 4 is 33.8 Å². The standard InChI is InChI=1S/C28H42N4S/c1-3-30-16-18-32(19-17-30)28-20-23(2)26-22-24(11-12-27(26)29-28)21-25(33)10-9-15-31-13-7-5-4-6-8-14-31/h11-12,20,22H,3-10,13-19,21H2,1-2H3. The van der Waals surface area contributed by atoms with Gasteiger partial charge in [0.05, 0.1) is 5.52 Å². The quantitative estimate of drug-likeness (QED) is 0.468. The summed E-state index contributed by atoms with van der Waals surface area (Å²) >= 11 is 5.79. The number of likely N-dealkylation sites (N-methyl/N-ethyl adjacent to an activating group) is 1. The number of benzene rings is 1. The number of pyridine rings is 1. The highest BCUT2D eigenvalue weighted by Crippen LogP contribution is 2.25. The summed E-state index contributed by atoms with van der Waals surface area (Å²) in [6.07, 6.45) is 10.1.